The Hall–Kier alpha value is -3.06. The van der Waals surface area contributed by atoms with Gasteiger partial charge in [0.1, 0.15) is 5.75 Å². The van der Waals surface area contributed by atoms with E-state index in [4.69, 9.17) is 4.74 Å². The summed E-state index contributed by atoms with van der Waals surface area (Å²) in [5.41, 5.74) is 1.63. The summed E-state index contributed by atoms with van der Waals surface area (Å²) < 4.78 is 5.17. The van der Waals surface area contributed by atoms with Gasteiger partial charge in [-0.25, -0.2) is 4.79 Å². The zero-order valence-electron chi connectivity index (χ0n) is 15.7. The number of rotatable bonds is 7. The first-order valence-electron chi connectivity index (χ1n) is 8.61. The number of amides is 3. The summed E-state index contributed by atoms with van der Waals surface area (Å²) >= 11 is 0. The summed E-state index contributed by atoms with van der Waals surface area (Å²) in [4.78, 5) is 25.8. The van der Waals surface area contributed by atoms with Crippen LogP contribution in [0.25, 0.3) is 0 Å². The van der Waals surface area contributed by atoms with Gasteiger partial charge in [0, 0.05) is 26.3 Å². The van der Waals surface area contributed by atoms with E-state index in [9.17, 15) is 14.7 Å². The minimum atomic E-state index is -0.637. The van der Waals surface area contributed by atoms with Gasteiger partial charge in [-0.3, -0.25) is 4.79 Å². The van der Waals surface area contributed by atoms with E-state index < -0.39 is 6.10 Å². The molecule has 0 saturated carbocycles. The molecule has 3 amide bonds. The summed E-state index contributed by atoms with van der Waals surface area (Å²) in [6.07, 6.45) is -0.220. The maximum atomic E-state index is 12.4. The van der Waals surface area contributed by atoms with Crippen molar-refractivity contribution in [3.05, 3.63) is 59.7 Å². The molecule has 0 aliphatic carbocycles. The van der Waals surface area contributed by atoms with Crippen molar-refractivity contribution < 1.29 is 19.4 Å². The number of hydrogen-bond donors (Lipinski definition) is 3. The average Bonchev–Trinajstić information content (AvgIpc) is 2.71. The summed E-state index contributed by atoms with van der Waals surface area (Å²) in [7, 11) is 4.65. The van der Waals surface area contributed by atoms with Crippen LogP contribution in [0.3, 0.4) is 0 Å². The molecule has 0 unspecified atom stereocenters. The van der Waals surface area contributed by atoms with E-state index in [-0.39, 0.29) is 11.9 Å². The summed E-state index contributed by atoms with van der Waals surface area (Å²) in [5.74, 6) is 0.119. The third kappa shape index (κ3) is 5.46. The molecular weight excluding hydrogens is 346 g/mol. The fourth-order valence-electron chi connectivity index (χ4n) is 2.58. The Morgan fingerprint density at radius 2 is 1.89 bits per heavy atom. The number of urea groups is 1. The van der Waals surface area contributed by atoms with E-state index in [0.29, 0.717) is 30.0 Å². The summed E-state index contributed by atoms with van der Waals surface area (Å²) in [6.45, 7) is 0.375. The van der Waals surface area contributed by atoms with Gasteiger partial charge in [-0.15, -0.1) is 0 Å². The second kappa shape index (κ2) is 9.59. The largest absolute Gasteiger partial charge is 0.496 e. The fraction of sp³-hybridized carbons (Fsp3) is 0.300. The van der Waals surface area contributed by atoms with Crippen LogP contribution in [0.1, 0.15) is 28.4 Å². The highest BCUT2D eigenvalue weighted by molar-refractivity contribution is 5.99. The van der Waals surface area contributed by atoms with Gasteiger partial charge in [-0.05, 0) is 30.2 Å². The highest BCUT2D eigenvalue weighted by atomic mass is 16.5. The lowest BCUT2D eigenvalue weighted by Gasteiger charge is -2.20. The van der Waals surface area contributed by atoms with Gasteiger partial charge in [0.05, 0.1) is 18.8 Å². The van der Waals surface area contributed by atoms with Crippen LogP contribution in [-0.2, 0) is 0 Å². The normalized spacial score (nSPS) is 11.4. The third-order valence-electron chi connectivity index (χ3n) is 4.19. The van der Waals surface area contributed by atoms with E-state index >= 15 is 0 Å². The molecule has 0 aliphatic heterocycles. The minimum Gasteiger partial charge on any atom is -0.496 e. The molecule has 0 saturated heterocycles. The molecule has 27 heavy (non-hydrogen) atoms. The minimum absolute atomic E-state index is 0.303. The van der Waals surface area contributed by atoms with Crippen LogP contribution in [0.5, 0.6) is 5.75 Å². The molecule has 2 rings (SSSR count). The first kappa shape index (κ1) is 20.3. The van der Waals surface area contributed by atoms with Crippen LogP contribution < -0.4 is 15.4 Å². The number of nitrogens with zero attached hydrogens (tertiary/aromatic N) is 1. The van der Waals surface area contributed by atoms with Crippen molar-refractivity contribution in [3.8, 4) is 5.75 Å². The second-order valence-electron chi connectivity index (χ2n) is 6.06. The number of nitrogens with one attached hydrogen (secondary N) is 2. The van der Waals surface area contributed by atoms with E-state index in [1.165, 1.54) is 19.1 Å². The molecule has 2 aromatic carbocycles. The van der Waals surface area contributed by atoms with Crippen LogP contribution in [0.15, 0.2) is 48.5 Å². The monoisotopic (exact) mass is 371 g/mol. The summed E-state index contributed by atoms with van der Waals surface area (Å²) in [5, 5.41) is 15.5. The molecule has 2 aromatic rings. The van der Waals surface area contributed by atoms with Gasteiger partial charge in [0.2, 0.25) is 0 Å². The predicted molar refractivity (Wildman–Crippen MR) is 104 cm³/mol. The topological polar surface area (TPSA) is 90.9 Å². The first-order valence-corrected chi connectivity index (χ1v) is 8.61. The molecule has 144 valence electrons. The molecule has 7 nitrogen and oxygen atoms in total. The molecular formula is C20H25N3O4. The molecule has 0 bridgehead atoms. The number of ether oxygens (including phenoxy) is 1. The predicted octanol–water partition coefficient (Wildman–Crippen LogP) is 2.64. The number of aliphatic hydroxyl groups is 1. The van der Waals surface area contributed by atoms with Gasteiger partial charge in [-0.2, -0.15) is 0 Å². The number of benzene rings is 2. The quantitative estimate of drug-likeness (QED) is 0.698. The van der Waals surface area contributed by atoms with E-state index in [1.54, 1.807) is 25.2 Å². The van der Waals surface area contributed by atoms with E-state index in [0.717, 1.165) is 5.56 Å². The Bertz CT molecular complexity index is 780. The Balaban J connectivity index is 1.96. The molecule has 0 heterocycles. The van der Waals surface area contributed by atoms with Crippen molar-refractivity contribution in [3.63, 3.8) is 0 Å². The van der Waals surface area contributed by atoms with Gasteiger partial charge < -0.3 is 25.4 Å². The van der Waals surface area contributed by atoms with Crippen LogP contribution in [-0.4, -0.2) is 49.7 Å². The first-order chi connectivity index (χ1) is 13.0. The molecule has 0 aliphatic rings. The van der Waals surface area contributed by atoms with Gasteiger partial charge in [-0.1, -0.05) is 30.3 Å². The van der Waals surface area contributed by atoms with Crippen molar-refractivity contribution in [2.45, 2.75) is 12.5 Å². The Morgan fingerprint density at radius 3 is 2.52 bits per heavy atom. The van der Waals surface area contributed by atoms with E-state index in [1.807, 2.05) is 30.3 Å². The van der Waals surface area contributed by atoms with Crippen molar-refractivity contribution >= 4 is 17.6 Å². The van der Waals surface area contributed by atoms with Crippen LogP contribution in [0.2, 0.25) is 0 Å². The molecule has 0 radical (unpaired) electrons. The standard InChI is InChI=1S/C20H25N3O4/c1-21-19(25)16-13-15(9-10-18(16)27-3)22-20(26)23(2)12-11-17(24)14-7-5-4-6-8-14/h4-10,13,17,24H,11-12H2,1-3H3,(H,21,25)(H,22,26)/t17-/m1/s1. The van der Waals surface area contributed by atoms with Gasteiger partial charge in [0.25, 0.3) is 5.91 Å². The summed E-state index contributed by atoms with van der Waals surface area (Å²) in [6, 6.07) is 13.8. The highest BCUT2D eigenvalue weighted by Crippen LogP contribution is 2.23. The lowest BCUT2D eigenvalue weighted by atomic mass is 10.1. The smallest absolute Gasteiger partial charge is 0.321 e. The number of hydrogen-bond acceptors (Lipinski definition) is 4. The lowest BCUT2D eigenvalue weighted by Crippen LogP contribution is -2.33. The molecule has 0 fully saturated rings. The Morgan fingerprint density at radius 1 is 1.19 bits per heavy atom. The molecule has 7 heteroatoms. The van der Waals surface area contributed by atoms with Crippen molar-refractivity contribution in [1.82, 2.24) is 10.2 Å². The van der Waals surface area contributed by atoms with Crippen molar-refractivity contribution in [2.24, 2.45) is 0 Å². The zero-order chi connectivity index (χ0) is 19.8. The number of aliphatic hydroxyl groups excluding tert-OH is 1. The Labute approximate surface area is 158 Å². The maximum Gasteiger partial charge on any atom is 0.321 e. The van der Waals surface area contributed by atoms with Crippen molar-refractivity contribution in [1.29, 1.82) is 0 Å². The van der Waals surface area contributed by atoms with Crippen LogP contribution in [0, 0.1) is 0 Å². The maximum absolute atomic E-state index is 12.4. The van der Waals surface area contributed by atoms with Gasteiger partial charge in [0.15, 0.2) is 0 Å². The van der Waals surface area contributed by atoms with Crippen LogP contribution in [0.4, 0.5) is 10.5 Å². The fourth-order valence-corrected chi connectivity index (χ4v) is 2.58. The second-order valence-corrected chi connectivity index (χ2v) is 6.06. The average molecular weight is 371 g/mol. The van der Waals surface area contributed by atoms with Crippen LogP contribution >= 0.6 is 0 Å². The molecule has 1 atom stereocenters. The Kier molecular flexibility index (Phi) is 7.19. The molecule has 0 spiro atoms. The third-order valence-corrected chi connectivity index (χ3v) is 4.19. The number of carbonyl (C=O) groups excluding carboxylic acids is 2. The number of carbonyl (C=O) groups is 2. The molecule has 3 N–H and O–H groups in total. The number of methoxy groups -OCH3 is 1. The van der Waals surface area contributed by atoms with E-state index in [2.05, 4.69) is 10.6 Å². The lowest BCUT2D eigenvalue weighted by molar-refractivity contribution is 0.0960. The molecule has 0 aromatic heterocycles. The number of anilines is 1. The van der Waals surface area contributed by atoms with Crippen molar-refractivity contribution in [2.75, 3.05) is 33.1 Å². The van der Waals surface area contributed by atoms with Gasteiger partial charge >= 0.3 is 6.03 Å². The highest BCUT2D eigenvalue weighted by Gasteiger charge is 2.15. The SMILES string of the molecule is CNC(=O)c1cc(NC(=O)N(C)CC[C@@H](O)c2ccccc2)ccc1OC. The zero-order valence-corrected chi connectivity index (χ0v) is 15.7.